The second kappa shape index (κ2) is 5.37. The maximum Gasteiger partial charge on any atom is 0.242 e. The summed E-state index contributed by atoms with van der Waals surface area (Å²) in [4.78, 5) is 4.05. The molecule has 19 heavy (non-hydrogen) atoms. The number of benzene rings is 1. The molecule has 1 heterocycles. The first-order chi connectivity index (χ1) is 9.00. The van der Waals surface area contributed by atoms with Crippen LogP contribution in [0.1, 0.15) is 11.4 Å². The van der Waals surface area contributed by atoms with Crippen molar-refractivity contribution in [3.8, 4) is 0 Å². The summed E-state index contributed by atoms with van der Waals surface area (Å²) in [5, 5.41) is 6.36. The molecule has 2 rings (SSSR count). The lowest BCUT2D eigenvalue weighted by Gasteiger charge is -2.11. The number of nitrogens with zero attached hydrogens (tertiary/aromatic N) is 2. The molecule has 0 aliphatic heterocycles. The molecule has 0 saturated heterocycles. The smallest absolute Gasteiger partial charge is 0.242 e. The molecular formula is C11H15N5O2S. The molecule has 102 valence electrons. The summed E-state index contributed by atoms with van der Waals surface area (Å²) in [5.74, 6) is 0.625. The van der Waals surface area contributed by atoms with Crippen molar-refractivity contribution in [1.82, 2.24) is 19.9 Å². The van der Waals surface area contributed by atoms with Crippen molar-refractivity contribution in [1.29, 1.82) is 0 Å². The van der Waals surface area contributed by atoms with E-state index in [1.54, 1.807) is 25.1 Å². The molecule has 0 saturated carbocycles. The van der Waals surface area contributed by atoms with Gasteiger partial charge >= 0.3 is 0 Å². The van der Waals surface area contributed by atoms with Gasteiger partial charge in [0.2, 0.25) is 10.0 Å². The number of hydrogen-bond acceptors (Lipinski definition) is 5. The van der Waals surface area contributed by atoms with Crippen molar-refractivity contribution in [3.63, 3.8) is 0 Å². The Hall–Kier alpha value is -1.93. The molecular weight excluding hydrogens is 266 g/mol. The number of H-pyrrole nitrogens is 1. The summed E-state index contributed by atoms with van der Waals surface area (Å²) in [6, 6.07) is 5.00. The number of aromatic amines is 1. The van der Waals surface area contributed by atoms with Gasteiger partial charge in [-0.05, 0) is 18.6 Å². The Morgan fingerprint density at radius 2 is 2.21 bits per heavy atom. The van der Waals surface area contributed by atoms with Crippen LogP contribution in [0.4, 0.5) is 5.69 Å². The molecule has 0 unspecified atom stereocenters. The van der Waals surface area contributed by atoms with E-state index in [0.717, 1.165) is 0 Å². The number of aryl methyl sites for hydroxylation is 1. The van der Waals surface area contributed by atoms with Gasteiger partial charge in [0.05, 0.1) is 5.69 Å². The highest BCUT2D eigenvalue weighted by atomic mass is 32.2. The molecule has 1 aromatic heterocycles. The molecule has 1 aromatic carbocycles. The molecule has 7 nitrogen and oxygen atoms in total. The van der Waals surface area contributed by atoms with Crippen molar-refractivity contribution in [2.45, 2.75) is 18.2 Å². The first-order valence-corrected chi connectivity index (χ1v) is 7.18. The molecule has 0 fully saturated rings. The molecule has 8 heteroatoms. The SMILES string of the molecule is Cc1cccc(N)c1S(=O)(=O)NCCc1ncn[nH]1. The summed E-state index contributed by atoms with van der Waals surface area (Å²) in [6.45, 7) is 1.94. The quantitative estimate of drug-likeness (QED) is 0.678. The number of rotatable bonds is 5. The third kappa shape index (κ3) is 3.09. The van der Waals surface area contributed by atoms with Gasteiger partial charge < -0.3 is 5.73 Å². The van der Waals surface area contributed by atoms with Gasteiger partial charge in [0, 0.05) is 13.0 Å². The standard InChI is InChI=1S/C11H15N5O2S/c1-8-3-2-4-9(12)11(8)19(17,18)15-6-5-10-13-7-14-16-10/h2-4,7,15H,5-6,12H2,1H3,(H,13,14,16). The first-order valence-electron chi connectivity index (χ1n) is 5.69. The Kier molecular flexibility index (Phi) is 3.82. The lowest BCUT2D eigenvalue weighted by molar-refractivity contribution is 0.580. The van der Waals surface area contributed by atoms with Gasteiger partial charge in [0.1, 0.15) is 17.0 Å². The van der Waals surface area contributed by atoms with E-state index in [1.165, 1.54) is 6.33 Å². The Labute approximate surface area is 111 Å². The van der Waals surface area contributed by atoms with Crippen LogP contribution < -0.4 is 10.5 Å². The molecule has 0 radical (unpaired) electrons. The monoisotopic (exact) mass is 281 g/mol. The van der Waals surface area contributed by atoms with Crippen molar-refractivity contribution in [2.24, 2.45) is 0 Å². The molecule has 4 N–H and O–H groups in total. The molecule has 0 atom stereocenters. The van der Waals surface area contributed by atoms with Gasteiger partial charge in [-0.15, -0.1) is 0 Å². The third-order valence-electron chi connectivity index (χ3n) is 2.63. The van der Waals surface area contributed by atoms with E-state index in [9.17, 15) is 8.42 Å². The lowest BCUT2D eigenvalue weighted by Crippen LogP contribution is -2.27. The van der Waals surface area contributed by atoms with Gasteiger partial charge in [0.25, 0.3) is 0 Å². The summed E-state index contributed by atoms with van der Waals surface area (Å²) in [7, 11) is -3.61. The van der Waals surface area contributed by atoms with Gasteiger partial charge in [0.15, 0.2) is 0 Å². The van der Waals surface area contributed by atoms with Crippen LogP contribution in [-0.4, -0.2) is 30.1 Å². The topological polar surface area (TPSA) is 114 Å². The highest BCUT2D eigenvalue weighted by Gasteiger charge is 2.19. The maximum atomic E-state index is 12.2. The van der Waals surface area contributed by atoms with E-state index in [1.807, 2.05) is 0 Å². The van der Waals surface area contributed by atoms with Crippen LogP contribution >= 0.6 is 0 Å². The van der Waals surface area contributed by atoms with Crippen LogP contribution in [-0.2, 0) is 16.4 Å². The second-order valence-corrected chi connectivity index (χ2v) is 5.78. The van der Waals surface area contributed by atoms with E-state index in [2.05, 4.69) is 19.9 Å². The second-order valence-electron chi connectivity index (χ2n) is 4.07. The number of aromatic nitrogens is 3. The highest BCUT2D eigenvalue weighted by molar-refractivity contribution is 7.89. The van der Waals surface area contributed by atoms with Crippen molar-refractivity contribution >= 4 is 15.7 Å². The van der Waals surface area contributed by atoms with Crippen LogP contribution in [0.3, 0.4) is 0 Å². The van der Waals surface area contributed by atoms with E-state index >= 15 is 0 Å². The fraction of sp³-hybridized carbons (Fsp3) is 0.273. The largest absolute Gasteiger partial charge is 0.398 e. The number of nitrogens with two attached hydrogens (primary N) is 1. The number of hydrogen-bond donors (Lipinski definition) is 3. The Bertz CT molecular complexity index is 631. The van der Waals surface area contributed by atoms with Crippen LogP contribution in [0.25, 0.3) is 0 Å². The minimum Gasteiger partial charge on any atom is -0.398 e. The average Bonchev–Trinajstić information content (AvgIpc) is 2.81. The Balaban J connectivity index is 2.10. The first kappa shape index (κ1) is 13.5. The van der Waals surface area contributed by atoms with Crippen LogP contribution in [0.5, 0.6) is 0 Å². The molecule has 2 aromatic rings. The fourth-order valence-electron chi connectivity index (χ4n) is 1.77. The van der Waals surface area contributed by atoms with Crippen molar-refractivity contribution < 1.29 is 8.42 Å². The van der Waals surface area contributed by atoms with E-state index in [-0.39, 0.29) is 17.1 Å². The number of anilines is 1. The summed E-state index contributed by atoms with van der Waals surface area (Å²) < 4.78 is 26.8. The molecule has 0 bridgehead atoms. The Morgan fingerprint density at radius 3 is 2.84 bits per heavy atom. The maximum absolute atomic E-state index is 12.2. The predicted molar refractivity (Wildman–Crippen MR) is 70.9 cm³/mol. The predicted octanol–water partition coefficient (Wildman–Crippen LogP) is 0.216. The van der Waals surface area contributed by atoms with Gasteiger partial charge in [-0.3, -0.25) is 5.10 Å². The number of nitrogen functional groups attached to an aromatic ring is 1. The highest BCUT2D eigenvalue weighted by Crippen LogP contribution is 2.21. The number of nitrogens with one attached hydrogen (secondary N) is 2. The number of sulfonamides is 1. The zero-order chi connectivity index (χ0) is 13.9. The molecule has 0 aliphatic carbocycles. The van der Waals surface area contributed by atoms with Crippen LogP contribution in [0.2, 0.25) is 0 Å². The molecule has 0 spiro atoms. The zero-order valence-corrected chi connectivity index (χ0v) is 11.2. The fourth-order valence-corrected chi connectivity index (χ4v) is 3.15. The summed E-state index contributed by atoms with van der Waals surface area (Å²) in [5.41, 5.74) is 6.59. The zero-order valence-electron chi connectivity index (χ0n) is 10.4. The van der Waals surface area contributed by atoms with E-state index in [4.69, 9.17) is 5.73 Å². The van der Waals surface area contributed by atoms with E-state index in [0.29, 0.717) is 17.8 Å². The van der Waals surface area contributed by atoms with E-state index < -0.39 is 10.0 Å². The molecule has 0 amide bonds. The normalized spacial score (nSPS) is 11.6. The van der Waals surface area contributed by atoms with Crippen molar-refractivity contribution in [2.75, 3.05) is 12.3 Å². The van der Waals surface area contributed by atoms with Gasteiger partial charge in [-0.25, -0.2) is 18.1 Å². The van der Waals surface area contributed by atoms with Crippen LogP contribution in [0, 0.1) is 6.92 Å². The average molecular weight is 281 g/mol. The van der Waals surface area contributed by atoms with Crippen LogP contribution in [0.15, 0.2) is 29.4 Å². The minimum atomic E-state index is -3.61. The van der Waals surface area contributed by atoms with Gasteiger partial charge in [-0.2, -0.15) is 5.10 Å². The Morgan fingerprint density at radius 1 is 1.42 bits per heavy atom. The summed E-state index contributed by atoms with van der Waals surface area (Å²) in [6.07, 6.45) is 1.81. The molecule has 0 aliphatic rings. The third-order valence-corrected chi connectivity index (χ3v) is 4.31. The summed E-state index contributed by atoms with van der Waals surface area (Å²) >= 11 is 0. The van der Waals surface area contributed by atoms with Crippen molar-refractivity contribution in [3.05, 3.63) is 35.9 Å². The minimum absolute atomic E-state index is 0.132. The van der Waals surface area contributed by atoms with Gasteiger partial charge in [-0.1, -0.05) is 12.1 Å². The lowest BCUT2D eigenvalue weighted by atomic mass is 10.2.